The summed E-state index contributed by atoms with van der Waals surface area (Å²) in [5.74, 6) is 1.59. The molecule has 0 bridgehead atoms. The van der Waals surface area contributed by atoms with E-state index in [0.29, 0.717) is 31.5 Å². The lowest BCUT2D eigenvalue weighted by Gasteiger charge is -2.29. The molecule has 0 saturated carbocycles. The minimum atomic E-state index is 0.353. The monoisotopic (exact) mass is 461 g/mol. The molecule has 9 nitrogen and oxygen atoms in total. The number of furan rings is 1. The predicted octanol–water partition coefficient (Wildman–Crippen LogP) is 2.99. The molecule has 0 spiro atoms. The molecule has 9 heteroatoms. The molecular weight excluding hydrogens is 434 g/mol. The number of rotatable bonds is 6. The number of fused-ring (bicyclic) bond motifs is 2. The molecule has 34 heavy (non-hydrogen) atoms. The van der Waals surface area contributed by atoms with Gasteiger partial charge in [0.15, 0.2) is 5.65 Å². The third kappa shape index (κ3) is 4.42. The van der Waals surface area contributed by atoms with Gasteiger partial charge < -0.3 is 23.5 Å². The molecule has 2 aliphatic rings. The molecule has 2 fully saturated rings. The fraction of sp³-hybridized carbons (Fsp3) is 0.400. The molecule has 2 aliphatic heterocycles. The number of pyridine rings is 1. The summed E-state index contributed by atoms with van der Waals surface area (Å²) in [4.78, 5) is 18.6. The van der Waals surface area contributed by atoms with E-state index in [1.165, 1.54) is 0 Å². The summed E-state index contributed by atoms with van der Waals surface area (Å²) >= 11 is 0. The van der Waals surface area contributed by atoms with Gasteiger partial charge in [-0.1, -0.05) is 18.2 Å². The van der Waals surface area contributed by atoms with Crippen molar-refractivity contribution in [3.05, 3.63) is 42.6 Å². The number of nitrogens with zero attached hydrogens (tertiary/aromatic N) is 5. The lowest BCUT2D eigenvalue weighted by atomic mass is 10.1. The Morgan fingerprint density at radius 1 is 0.912 bits per heavy atom. The summed E-state index contributed by atoms with van der Waals surface area (Å²) in [5, 5.41) is 1.94. The fourth-order valence-corrected chi connectivity index (χ4v) is 4.41. The van der Waals surface area contributed by atoms with E-state index in [2.05, 4.69) is 25.8 Å². The van der Waals surface area contributed by atoms with Gasteiger partial charge in [0.1, 0.15) is 23.8 Å². The van der Waals surface area contributed by atoms with E-state index < -0.39 is 0 Å². The number of ether oxygens (including phenoxy) is 3. The second-order valence-electron chi connectivity index (χ2n) is 8.48. The van der Waals surface area contributed by atoms with Gasteiger partial charge in [-0.25, -0.2) is 4.98 Å². The first-order valence-corrected chi connectivity index (χ1v) is 11.8. The van der Waals surface area contributed by atoms with Crippen molar-refractivity contribution >= 4 is 27.8 Å². The summed E-state index contributed by atoms with van der Waals surface area (Å²) in [5.41, 5.74) is 2.35. The van der Waals surface area contributed by atoms with Crippen LogP contribution in [-0.4, -0.2) is 85.6 Å². The minimum Gasteiger partial charge on any atom is -0.462 e. The van der Waals surface area contributed by atoms with Crippen LogP contribution in [-0.2, 0) is 9.47 Å². The molecule has 2 saturated heterocycles. The van der Waals surface area contributed by atoms with Gasteiger partial charge in [-0.2, -0.15) is 9.97 Å². The van der Waals surface area contributed by atoms with Crippen molar-refractivity contribution in [3.63, 3.8) is 0 Å². The van der Waals surface area contributed by atoms with Crippen molar-refractivity contribution in [1.82, 2.24) is 19.9 Å². The van der Waals surface area contributed by atoms with Gasteiger partial charge in [-0.3, -0.25) is 4.90 Å². The number of hydrogen-bond acceptors (Lipinski definition) is 9. The Morgan fingerprint density at radius 3 is 2.53 bits per heavy atom. The predicted molar refractivity (Wildman–Crippen MR) is 128 cm³/mol. The lowest BCUT2D eigenvalue weighted by molar-refractivity contribution is 0.0317. The maximum absolute atomic E-state index is 6.07. The van der Waals surface area contributed by atoms with E-state index in [4.69, 9.17) is 23.6 Å². The Labute approximate surface area is 197 Å². The Balaban J connectivity index is 1.32. The molecule has 5 heterocycles. The van der Waals surface area contributed by atoms with E-state index in [9.17, 15) is 0 Å². The van der Waals surface area contributed by atoms with Crippen LogP contribution in [0.1, 0.15) is 0 Å². The molecule has 0 amide bonds. The van der Waals surface area contributed by atoms with Crippen LogP contribution < -0.4 is 9.64 Å². The third-order valence-electron chi connectivity index (χ3n) is 6.27. The Bertz CT molecular complexity index is 1250. The van der Waals surface area contributed by atoms with Gasteiger partial charge in [0, 0.05) is 49.9 Å². The largest absolute Gasteiger partial charge is 0.462 e. The van der Waals surface area contributed by atoms with Gasteiger partial charge in [0.05, 0.1) is 31.8 Å². The molecule has 3 aromatic heterocycles. The zero-order chi connectivity index (χ0) is 22.7. The normalized spacial score (nSPS) is 17.5. The molecule has 6 rings (SSSR count). The summed E-state index contributed by atoms with van der Waals surface area (Å²) < 4.78 is 23.0. The molecule has 0 unspecified atom stereocenters. The first-order valence-electron chi connectivity index (χ1n) is 11.8. The molecular formula is C25H27N5O4. The van der Waals surface area contributed by atoms with E-state index in [1.807, 2.05) is 30.3 Å². The summed E-state index contributed by atoms with van der Waals surface area (Å²) in [6.07, 6.45) is 1.80. The highest BCUT2D eigenvalue weighted by Gasteiger charge is 2.20. The highest BCUT2D eigenvalue weighted by atomic mass is 16.5. The average molecular weight is 462 g/mol. The van der Waals surface area contributed by atoms with Crippen LogP contribution in [0.2, 0.25) is 0 Å². The molecule has 0 aliphatic carbocycles. The first kappa shape index (κ1) is 21.3. The van der Waals surface area contributed by atoms with Crippen LogP contribution >= 0.6 is 0 Å². The summed E-state index contributed by atoms with van der Waals surface area (Å²) in [6.45, 7) is 7.56. The third-order valence-corrected chi connectivity index (χ3v) is 6.27. The number of benzene rings is 1. The van der Waals surface area contributed by atoms with Crippen molar-refractivity contribution in [1.29, 1.82) is 0 Å². The topological polar surface area (TPSA) is 86.0 Å². The van der Waals surface area contributed by atoms with Crippen molar-refractivity contribution in [2.45, 2.75) is 0 Å². The highest BCUT2D eigenvalue weighted by molar-refractivity contribution is 5.91. The summed E-state index contributed by atoms with van der Waals surface area (Å²) in [6, 6.07) is 12.4. The van der Waals surface area contributed by atoms with E-state index in [-0.39, 0.29) is 0 Å². The molecule has 1 aromatic carbocycles. The molecule has 0 atom stereocenters. The van der Waals surface area contributed by atoms with Crippen molar-refractivity contribution in [3.8, 4) is 17.3 Å². The number of anilines is 1. The van der Waals surface area contributed by atoms with Crippen molar-refractivity contribution in [2.24, 2.45) is 0 Å². The lowest BCUT2D eigenvalue weighted by Crippen LogP contribution is -2.39. The average Bonchev–Trinajstić information content (AvgIpc) is 3.34. The molecule has 4 aromatic rings. The van der Waals surface area contributed by atoms with Gasteiger partial charge >= 0.3 is 6.01 Å². The van der Waals surface area contributed by atoms with E-state index >= 15 is 0 Å². The van der Waals surface area contributed by atoms with E-state index in [1.54, 1.807) is 6.20 Å². The number of morpholine rings is 2. The van der Waals surface area contributed by atoms with Gasteiger partial charge in [-0.15, -0.1) is 0 Å². The van der Waals surface area contributed by atoms with Crippen LogP contribution in [0.4, 0.5) is 5.82 Å². The Morgan fingerprint density at radius 2 is 1.71 bits per heavy atom. The Hall–Kier alpha value is -3.27. The van der Waals surface area contributed by atoms with Crippen LogP contribution in [0.5, 0.6) is 6.01 Å². The zero-order valence-corrected chi connectivity index (χ0v) is 19.0. The number of hydrogen-bond donors (Lipinski definition) is 0. The van der Waals surface area contributed by atoms with Gasteiger partial charge in [0.2, 0.25) is 0 Å². The Kier molecular flexibility index (Phi) is 5.97. The number of aromatic nitrogens is 3. The maximum atomic E-state index is 6.07. The van der Waals surface area contributed by atoms with Crippen molar-refractivity contribution in [2.75, 3.05) is 70.7 Å². The van der Waals surface area contributed by atoms with Crippen LogP contribution in [0, 0.1) is 0 Å². The standard InChI is InChI=1S/C25H27N5O4/c1-2-4-21-18(3-1)16-22(34-21)19-15-20-23(26-17-19)27-25(28-24(20)30-8-12-32-13-9-30)33-14-7-29-5-10-31-11-6-29/h1-4,15-17H,5-14H2. The summed E-state index contributed by atoms with van der Waals surface area (Å²) in [7, 11) is 0. The van der Waals surface area contributed by atoms with Crippen LogP contribution in [0.3, 0.4) is 0 Å². The molecule has 176 valence electrons. The van der Waals surface area contributed by atoms with Gasteiger partial charge in [0.25, 0.3) is 0 Å². The second-order valence-corrected chi connectivity index (χ2v) is 8.48. The molecule has 0 N–H and O–H groups in total. The highest BCUT2D eigenvalue weighted by Crippen LogP contribution is 2.32. The quantitative estimate of drug-likeness (QED) is 0.430. The smallest absolute Gasteiger partial charge is 0.320 e. The SMILES string of the molecule is c1ccc2oc(-c3cnc4nc(OCCN5CCOCC5)nc(N5CCOCC5)c4c3)cc2c1. The molecule has 0 radical (unpaired) electrons. The maximum Gasteiger partial charge on any atom is 0.320 e. The van der Waals surface area contributed by atoms with Crippen LogP contribution in [0.15, 0.2) is 47.0 Å². The van der Waals surface area contributed by atoms with Crippen LogP contribution in [0.25, 0.3) is 33.3 Å². The minimum absolute atomic E-state index is 0.353. The van der Waals surface area contributed by atoms with Crippen molar-refractivity contribution < 1.29 is 18.6 Å². The number of para-hydroxylation sites is 1. The van der Waals surface area contributed by atoms with E-state index in [0.717, 1.165) is 79.4 Å². The first-order chi connectivity index (χ1) is 16.8. The van der Waals surface area contributed by atoms with Gasteiger partial charge in [-0.05, 0) is 18.2 Å². The zero-order valence-electron chi connectivity index (χ0n) is 19.0. The fourth-order valence-electron chi connectivity index (χ4n) is 4.41. The second kappa shape index (κ2) is 9.54.